The third-order valence-electron chi connectivity index (χ3n) is 3.59. The lowest BCUT2D eigenvalue weighted by Gasteiger charge is -2.33. The first kappa shape index (κ1) is 15.4. The standard InChI is InChI=1S/C11H22N2O4S/c1-11(12-2,10(14)17-4)8-13(3)9-5-6-18(15,16)7-9/h9,12H,5-8H2,1-4H3. The van der Waals surface area contributed by atoms with E-state index in [0.29, 0.717) is 13.0 Å². The molecule has 2 unspecified atom stereocenters. The van der Waals surface area contributed by atoms with E-state index in [0.717, 1.165) is 0 Å². The quantitative estimate of drug-likeness (QED) is 0.667. The molecule has 1 fully saturated rings. The summed E-state index contributed by atoms with van der Waals surface area (Å²) >= 11 is 0. The molecular weight excluding hydrogens is 256 g/mol. The lowest BCUT2D eigenvalue weighted by Crippen LogP contribution is -2.57. The van der Waals surface area contributed by atoms with E-state index in [2.05, 4.69) is 5.32 Å². The van der Waals surface area contributed by atoms with Crippen LogP contribution in [-0.2, 0) is 19.4 Å². The minimum Gasteiger partial charge on any atom is -0.468 e. The number of hydrogen-bond donors (Lipinski definition) is 1. The van der Waals surface area contributed by atoms with Crippen molar-refractivity contribution in [3.63, 3.8) is 0 Å². The van der Waals surface area contributed by atoms with Crippen LogP contribution in [0.15, 0.2) is 0 Å². The number of methoxy groups -OCH3 is 1. The highest BCUT2D eigenvalue weighted by atomic mass is 32.2. The van der Waals surface area contributed by atoms with Crippen molar-refractivity contribution in [2.75, 3.05) is 39.3 Å². The first-order chi connectivity index (χ1) is 8.24. The second-order valence-corrected chi connectivity index (χ2v) is 7.27. The smallest absolute Gasteiger partial charge is 0.327 e. The second kappa shape index (κ2) is 5.54. The first-order valence-corrected chi connectivity index (χ1v) is 7.74. The molecule has 1 aliphatic heterocycles. The molecule has 7 heteroatoms. The molecule has 0 radical (unpaired) electrons. The monoisotopic (exact) mass is 278 g/mol. The van der Waals surface area contributed by atoms with Crippen molar-refractivity contribution in [3.05, 3.63) is 0 Å². The minimum atomic E-state index is -2.91. The Bertz CT molecular complexity index is 409. The number of nitrogens with one attached hydrogen (secondary N) is 1. The number of hydrogen-bond acceptors (Lipinski definition) is 6. The summed E-state index contributed by atoms with van der Waals surface area (Å²) in [5, 5.41) is 2.94. The summed E-state index contributed by atoms with van der Waals surface area (Å²) in [4.78, 5) is 13.6. The molecule has 1 saturated heterocycles. The molecule has 1 heterocycles. The normalized spacial score (nSPS) is 25.9. The Labute approximate surface area is 109 Å². The molecule has 0 aromatic rings. The van der Waals surface area contributed by atoms with Crippen molar-refractivity contribution in [1.29, 1.82) is 0 Å². The van der Waals surface area contributed by atoms with Crippen molar-refractivity contribution in [2.45, 2.75) is 24.9 Å². The van der Waals surface area contributed by atoms with Crippen molar-refractivity contribution in [1.82, 2.24) is 10.2 Å². The zero-order chi connectivity index (χ0) is 14.0. The van der Waals surface area contributed by atoms with E-state index in [4.69, 9.17) is 4.74 Å². The molecule has 106 valence electrons. The summed E-state index contributed by atoms with van der Waals surface area (Å²) in [6.07, 6.45) is 0.625. The Kier molecular flexibility index (Phi) is 4.74. The van der Waals surface area contributed by atoms with E-state index in [1.54, 1.807) is 14.0 Å². The number of rotatable bonds is 5. The van der Waals surface area contributed by atoms with Crippen molar-refractivity contribution in [2.24, 2.45) is 0 Å². The molecule has 18 heavy (non-hydrogen) atoms. The van der Waals surface area contributed by atoms with Crippen LogP contribution in [0.3, 0.4) is 0 Å². The highest BCUT2D eigenvalue weighted by molar-refractivity contribution is 7.91. The van der Waals surface area contributed by atoms with Gasteiger partial charge in [0.05, 0.1) is 18.6 Å². The molecule has 1 aliphatic rings. The molecule has 0 amide bonds. The number of sulfone groups is 1. The maximum absolute atomic E-state index is 11.7. The average molecular weight is 278 g/mol. The SMILES string of the molecule is CNC(C)(CN(C)C1CCS(=O)(=O)C1)C(=O)OC. The van der Waals surface area contributed by atoms with Gasteiger partial charge < -0.3 is 10.1 Å². The number of ether oxygens (including phenoxy) is 1. The minimum absolute atomic E-state index is 0.0210. The third-order valence-corrected chi connectivity index (χ3v) is 5.34. The lowest BCUT2D eigenvalue weighted by molar-refractivity contribution is -0.148. The third kappa shape index (κ3) is 3.43. The van der Waals surface area contributed by atoms with Crippen molar-refractivity contribution in [3.8, 4) is 0 Å². The summed E-state index contributed by atoms with van der Waals surface area (Å²) in [6.45, 7) is 2.16. The maximum atomic E-state index is 11.7. The average Bonchev–Trinajstić information content (AvgIpc) is 2.68. The Morgan fingerprint density at radius 2 is 2.17 bits per heavy atom. The summed E-state index contributed by atoms with van der Waals surface area (Å²) in [5.41, 5.74) is -0.824. The van der Waals surface area contributed by atoms with E-state index in [9.17, 15) is 13.2 Å². The van der Waals surface area contributed by atoms with Gasteiger partial charge in [0.25, 0.3) is 0 Å². The van der Waals surface area contributed by atoms with E-state index in [-0.39, 0.29) is 23.5 Å². The molecule has 0 saturated carbocycles. The van der Waals surface area contributed by atoms with E-state index in [1.807, 2.05) is 11.9 Å². The predicted molar refractivity (Wildman–Crippen MR) is 69.2 cm³/mol. The number of likely N-dealkylation sites (N-methyl/N-ethyl adjacent to an activating group) is 2. The Balaban J connectivity index is 2.69. The Morgan fingerprint density at radius 1 is 1.56 bits per heavy atom. The fraction of sp³-hybridized carbons (Fsp3) is 0.909. The van der Waals surface area contributed by atoms with Gasteiger partial charge in [0, 0.05) is 12.6 Å². The van der Waals surface area contributed by atoms with Gasteiger partial charge in [-0.15, -0.1) is 0 Å². The largest absolute Gasteiger partial charge is 0.468 e. The highest BCUT2D eigenvalue weighted by Crippen LogP contribution is 2.19. The van der Waals surface area contributed by atoms with Gasteiger partial charge in [-0.1, -0.05) is 0 Å². The van der Waals surface area contributed by atoms with Crippen LogP contribution in [0.4, 0.5) is 0 Å². The van der Waals surface area contributed by atoms with Gasteiger partial charge in [0.1, 0.15) is 5.54 Å². The maximum Gasteiger partial charge on any atom is 0.327 e. The van der Waals surface area contributed by atoms with Crippen LogP contribution in [-0.4, -0.2) is 70.1 Å². The van der Waals surface area contributed by atoms with Crippen molar-refractivity contribution < 1.29 is 17.9 Å². The molecule has 0 bridgehead atoms. The topological polar surface area (TPSA) is 75.7 Å². The number of nitrogens with zero attached hydrogens (tertiary/aromatic N) is 1. The summed E-state index contributed by atoms with van der Waals surface area (Å²) in [5.74, 6) is 0.0544. The molecule has 1 N–H and O–H groups in total. The van der Waals surface area contributed by atoms with Crippen LogP contribution in [0, 0.1) is 0 Å². The fourth-order valence-corrected chi connectivity index (χ4v) is 4.03. The van der Waals surface area contributed by atoms with Crippen LogP contribution in [0.5, 0.6) is 0 Å². The zero-order valence-electron chi connectivity index (χ0n) is 11.4. The molecular formula is C11H22N2O4S. The molecule has 0 aliphatic carbocycles. The Morgan fingerprint density at radius 3 is 2.56 bits per heavy atom. The summed E-state index contributed by atoms with van der Waals surface area (Å²) in [7, 11) is 1.97. The van der Waals surface area contributed by atoms with Gasteiger partial charge in [0.15, 0.2) is 9.84 Å². The van der Waals surface area contributed by atoms with E-state index < -0.39 is 15.4 Å². The predicted octanol–water partition coefficient (Wildman–Crippen LogP) is -0.744. The number of esters is 1. The van der Waals surface area contributed by atoms with Crippen LogP contribution < -0.4 is 5.32 Å². The van der Waals surface area contributed by atoms with Crippen LogP contribution in [0.25, 0.3) is 0 Å². The molecule has 0 spiro atoms. The lowest BCUT2D eigenvalue weighted by atomic mass is 10.0. The van der Waals surface area contributed by atoms with Gasteiger partial charge in [-0.2, -0.15) is 0 Å². The summed E-state index contributed by atoms with van der Waals surface area (Å²) in [6, 6.07) is -0.0210. The van der Waals surface area contributed by atoms with Gasteiger partial charge >= 0.3 is 5.97 Å². The highest BCUT2D eigenvalue weighted by Gasteiger charge is 2.38. The second-order valence-electron chi connectivity index (χ2n) is 5.05. The zero-order valence-corrected chi connectivity index (χ0v) is 12.2. The summed E-state index contributed by atoms with van der Waals surface area (Å²) < 4.78 is 27.6. The van der Waals surface area contributed by atoms with E-state index in [1.165, 1.54) is 7.11 Å². The molecule has 2 atom stereocenters. The molecule has 0 aromatic carbocycles. The van der Waals surface area contributed by atoms with Gasteiger partial charge in [-0.3, -0.25) is 9.69 Å². The van der Waals surface area contributed by atoms with Crippen LogP contribution >= 0.6 is 0 Å². The first-order valence-electron chi connectivity index (χ1n) is 5.92. The fourth-order valence-electron chi connectivity index (χ4n) is 2.22. The van der Waals surface area contributed by atoms with E-state index >= 15 is 0 Å². The molecule has 6 nitrogen and oxygen atoms in total. The Hall–Kier alpha value is -0.660. The van der Waals surface area contributed by atoms with Crippen LogP contribution in [0.1, 0.15) is 13.3 Å². The molecule has 1 rings (SSSR count). The van der Waals surface area contributed by atoms with Gasteiger partial charge in [-0.25, -0.2) is 8.42 Å². The van der Waals surface area contributed by atoms with Gasteiger partial charge in [0.2, 0.25) is 0 Å². The van der Waals surface area contributed by atoms with Gasteiger partial charge in [-0.05, 0) is 27.4 Å². The molecule has 0 aromatic heterocycles. The van der Waals surface area contributed by atoms with Crippen molar-refractivity contribution >= 4 is 15.8 Å². The number of carbonyl (C=O) groups excluding carboxylic acids is 1. The number of carbonyl (C=O) groups is 1. The van der Waals surface area contributed by atoms with Crippen LogP contribution in [0.2, 0.25) is 0 Å².